The number of nitrogens with one attached hydrogen (secondary N) is 1. The molecule has 1 N–H and O–H groups in total. The first-order valence-electron chi connectivity index (χ1n) is 7.77. The Balaban J connectivity index is 2.23. The third-order valence-corrected chi connectivity index (χ3v) is 3.62. The summed E-state index contributed by atoms with van der Waals surface area (Å²) >= 11 is 0. The molecule has 21 heavy (non-hydrogen) atoms. The maximum absolute atomic E-state index is 11.3. The van der Waals surface area contributed by atoms with Crippen LogP contribution in [0.5, 0.6) is 0 Å². The number of hydrogen-bond acceptors (Lipinski definition) is 3. The molecule has 0 amide bonds. The average molecular weight is 287 g/mol. The fourth-order valence-corrected chi connectivity index (χ4v) is 2.50. The Morgan fingerprint density at radius 2 is 2.14 bits per heavy atom. The molecule has 0 aliphatic rings. The molecule has 4 nitrogen and oxygen atoms in total. The lowest BCUT2D eigenvalue weighted by Crippen LogP contribution is -2.20. The molecule has 1 heterocycles. The Morgan fingerprint density at radius 3 is 2.86 bits per heavy atom. The van der Waals surface area contributed by atoms with E-state index in [-0.39, 0.29) is 5.78 Å². The van der Waals surface area contributed by atoms with E-state index in [1.54, 1.807) is 6.92 Å². The lowest BCUT2D eigenvalue weighted by Gasteiger charge is -2.08. The quantitative estimate of drug-likeness (QED) is 0.759. The van der Waals surface area contributed by atoms with Crippen molar-refractivity contribution in [2.45, 2.75) is 46.6 Å². The zero-order valence-electron chi connectivity index (χ0n) is 13.3. The summed E-state index contributed by atoms with van der Waals surface area (Å²) in [6, 6.07) is 6.33. The van der Waals surface area contributed by atoms with E-state index in [4.69, 9.17) is 4.98 Å². The van der Waals surface area contributed by atoms with Crippen LogP contribution in [0.2, 0.25) is 0 Å². The molecule has 0 radical (unpaired) electrons. The highest BCUT2D eigenvalue weighted by molar-refractivity contribution is 5.78. The molecular weight excluding hydrogens is 262 g/mol. The van der Waals surface area contributed by atoms with Gasteiger partial charge in [-0.15, -0.1) is 0 Å². The number of benzene rings is 1. The van der Waals surface area contributed by atoms with E-state index in [9.17, 15) is 4.79 Å². The largest absolute Gasteiger partial charge is 0.328 e. The number of carbonyl (C=O) groups is 1. The lowest BCUT2D eigenvalue weighted by molar-refractivity contribution is -0.117. The second-order valence-electron chi connectivity index (χ2n) is 5.62. The molecule has 0 fully saturated rings. The number of rotatable bonds is 8. The molecule has 0 atom stereocenters. The highest BCUT2D eigenvalue weighted by Crippen LogP contribution is 2.18. The van der Waals surface area contributed by atoms with E-state index in [2.05, 4.69) is 41.9 Å². The van der Waals surface area contributed by atoms with Gasteiger partial charge in [-0.1, -0.05) is 13.0 Å². The van der Waals surface area contributed by atoms with Crippen molar-refractivity contribution in [1.82, 2.24) is 14.9 Å². The average Bonchev–Trinajstić information content (AvgIpc) is 2.78. The van der Waals surface area contributed by atoms with Gasteiger partial charge in [0.2, 0.25) is 0 Å². The molecule has 4 heteroatoms. The number of ketones is 1. The highest BCUT2D eigenvalue weighted by atomic mass is 16.1. The van der Waals surface area contributed by atoms with Crippen molar-refractivity contribution in [3.8, 4) is 0 Å². The number of hydrogen-bond donors (Lipinski definition) is 1. The Morgan fingerprint density at radius 1 is 1.33 bits per heavy atom. The third-order valence-electron chi connectivity index (χ3n) is 3.62. The summed E-state index contributed by atoms with van der Waals surface area (Å²) < 4.78 is 2.20. The second-order valence-corrected chi connectivity index (χ2v) is 5.62. The van der Waals surface area contributed by atoms with Crippen LogP contribution in [-0.2, 0) is 17.8 Å². The standard InChI is InChI=1S/C17H25N3O/c1-4-9-18-10-7-17-19-15-12-13(2)5-6-16(15)20(17)11-8-14(3)21/h5-6,12,18H,4,7-11H2,1-3H3. The Bertz CT molecular complexity index is 616. The van der Waals surface area contributed by atoms with Gasteiger partial charge >= 0.3 is 0 Å². The van der Waals surface area contributed by atoms with Crippen LogP contribution in [0.3, 0.4) is 0 Å². The first-order valence-corrected chi connectivity index (χ1v) is 7.77. The topological polar surface area (TPSA) is 46.9 Å². The van der Waals surface area contributed by atoms with E-state index in [0.29, 0.717) is 6.42 Å². The van der Waals surface area contributed by atoms with E-state index in [1.807, 2.05) is 0 Å². The molecular formula is C17H25N3O. The van der Waals surface area contributed by atoms with Crippen molar-refractivity contribution in [2.24, 2.45) is 0 Å². The molecule has 2 aromatic rings. The minimum atomic E-state index is 0.221. The summed E-state index contributed by atoms with van der Waals surface area (Å²) in [6.07, 6.45) is 2.60. The molecule has 2 rings (SSSR count). The molecule has 0 saturated carbocycles. The van der Waals surface area contributed by atoms with Crippen molar-refractivity contribution >= 4 is 16.8 Å². The fraction of sp³-hybridized carbons (Fsp3) is 0.529. The highest BCUT2D eigenvalue weighted by Gasteiger charge is 2.11. The first-order chi connectivity index (χ1) is 10.1. The number of aryl methyl sites for hydroxylation is 2. The van der Waals surface area contributed by atoms with Crippen LogP contribution in [-0.4, -0.2) is 28.4 Å². The summed E-state index contributed by atoms with van der Waals surface area (Å²) in [5.41, 5.74) is 3.38. The van der Waals surface area contributed by atoms with E-state index < -0.39 is 0 Å². The van der Waals surface area contributed by atoms with E-state index >= 15 is 0 Å². The van der Waals surface area contributed by atoms with Crippen LogP contribution in [0, 0.1) is 6.92 Å². The Hall–Kier alpha value is -1.68. The van der Waals surface area contributed by atoms with Gasteiger partial charge in [0.25, 0.3) is 0 Å². The summed E-state index contributed by atoms with van der Waals surface area (Å²) in [4.78, 5) is 16.1. The lowest BCUT2D eigenvalue weighted by atomic mass is 10.2. The molecule has 0 bridgehead atoms. The molecule has 0 spiro atoms. The van der Waals surface area contributed by atoms with E-state index in [1.165, 1.54) is 5.56 Å². The molecule has 1 aromatic heterocycles. The molecule has 114 valence electrons. The number of carbonyl (C=O) groups excluding carboxylic acids is 1. The van der Waals surface area contributed by atoms with Crippen molar-refractivity contribution in [3.05, 3.63) is 29.6 Å². The van der Waals surface area contributed by atoms with Gasteiger partial charge in [-0.2, -0.15) is 0 Å². The van der Waals surface area contributed by atoms with Gasteiger partial charge in [-0.3, -0.25) is 4.79 Å². The van der Waals surface area contributed by atoms with Gasteiger partial charge in [0.05, 0.1) is 11.0 Å². The molecule has 0 saturated heterocycles. The van der Waals surface area contributed by atoms with Crippen molar-refractivity contribution in [1.29, 1.82) is 0 Å². The van der Waals surface area contributed by atoms with Crippen LogP contribution in [0.1, 0.15) is 38.1 Å². The van der Waals surface area contributed by atoms with Crippen molar-refractivity contribution in [2.75, 3.05) is 13.1 Å². The minimum absolute atomic E-state index is 0.221. The molecule has 0 aliphatic heterocycles. The predicted molar refractivity (Wildman–Crippen MR) is 86.6 cm³/mol. The minimum Gasteiger partial charge on any atom is -0.328 e. The van der Waals surface area contributed by atoms with Crippen LogP contribution in [0.25, 0.3) is 11.0 Å². The summed E-state index contributed by atoms with van der Waals surface area (Å²) in [6.45, 7) is 8.57. The number of Topliss-reactive ketones (excluding diaryl/α,β-unsaturated/α-hetero) is 1. The van der Waals surface area contributed by atoms with Crippen molar-refractivity contribution < 1.29 is 4.79 Å². The SMILES string of the molecule is CCCNCCc1nc2cc(C)ccc2n1CCC(C)=O. The predicted octanol–water partition coefficient (Wildman–Crippen LogP) is 2.87. The zero-order chi connectivity index (χ0) is 15.2. The van der Waals surface area contributed by atoms with Crippen LogP contribution >= 0.6 is 0 Å². The van der Waals surface area contributed by atoms with Gasteiger partial charge in [0, 0.05) is 25.9 Å². The van der Waals surface area contributed by atoms with Gasteiger partial charge in [0.1, 0.15) is 11.6 Å². The zero-order valence-corrected chi connectivity index (χ0v) is 13.3. The number of nitrogens with zero attached hydrogens (tertiary/aromatic N) is 2. The third kappa shape index (κ3) is 4.14. The molecule has 0 aliphatic carbocycles. The first kappa shape index (κ1) is 15.7. The summed E-state index contributed by atoms with van der Waals surface area (Å²) in [7, 11) is 0. The molecule has 0 unspecified atom stereocenters. The second kappa shape index (κ2) is 7.36. The van der Waals surface area contributed by atoms with Crippen LogP contribution < -0.4 is 5.32 Å². The Labute approximate surface area is 126 Å². The number of aromatic nitrogens is 2. The van der Waals surface area contributed by atoms with Gasteiger partial charge in [-0.25, -0.2) is 4.98 Å². The van der Waals surface area contributed by atoms with Gasteiger partial charge in [0.15, 0.2) is 0 Å². The van der Waals surface area contributed by atoms with Crippen LogP contribution in [0.15, 0.2) is 18.2 Å². The normalized spacial score (nSPS) is 11.2. The smallest absolute Gasteiger partial charge is 0.131 e. The van der Waals surface area contributed by atoms with Crippen molar-refractivity contribution in [3.63, 3.8) is 0 Å². The monoisotopic (exact) mass is 287 g/mol. The Kier molecular flexibility index (Phi) is 5.51. The number of fused-ring (bicyclic) bond motifs is 1. The van der Waals surface area contributed by atoms with Gasteiger partial charge < -0.3 is 9.88 Å². The van der Waals surface area contributed by atoms with Gasteiger partial charge in [-0.05, 0) is 44.5 Å². The summed E-state index contributed by atoms with van der Waals surface area (Å²) in [5, 5.41) is 3.41. The summed E-state index contributed by atoms with van der Waals surface area (Å²) in [5.74, 6) is 1.29. The fourth-order valence-electron chi connectivity index (χ4n) is 2.50. The van der Waals surface area contributed by atoms with Crippen LogP contribution in [0.4, 0.5) is 0 Å². The molecule has 1 aromatic carbocycles. The maximum atomic E-state index is 11.3. The maximum Gasteiger partial charge on any atom is 0.131 e. The number of imidazole rings is 1. The van der Waals surface area contributed by atoms with E-state index in [0.717, 1.165) is 49.3 Å².